The van der Waals surface area contributed by atoms with Gasteiger partial charge in [-0.1, -0.05) is 36.4 Å². The number of aromatic nitrogens is 3. The van der Waals surface area contributed by atoms with Crippen molar-refractivity contribution in [1.29, 1.82) is 5.26 Å². The molecule has 0 aliphatic carbocycles. The summed E-state index contributed by atoms with van der Waals surface area (Å²) in [6.45, 7) is 3.18. The number of benzene rings is 3. The van der Waals surface area contributed by atoms with Crippen LogP contribution in [0.2, 0.25) is 0 Å². The first-order valence-electron chi connectivity index (χ1n) is 10.7. The van der Waals surface area contributed by atoms with Crippen LogP contribution in [0, 0.1) is 11.3 Å². The van der Waals surface area contributed by atoms with Gasteiger partial charge < -0.3 is 10.7 Å². The predicted molar refractivity (Wildman–Crippen MR) is 128 cm³/mol. The maximum absolute atomic E-state index is 9.12. The highest BCUT2D eigenvalue weighted by Gasteiger charge is 2.13. The number of hydrogen-bond donors (Lipinski definition) is 3. The summed E-state index contributed by atoms with van der Waals surface area (Å²) >= 11 is 0. The molecular weight excluding hydrogens is 396 g/mol. The number of nitriles is 1. The van der Waals surface area contributed by atoms with Gasteiger partial charge in [-0.25, -0.2) is 0 Å². The molecule has 0 saturated carbocycles. The fourth-order valence-electron chi connectivity index (χ4n) is 4.20. The van der Waals surface area contributed by atoms with E-state index in [1.165, 1.54) is 11.1 Å². The molecule has 0 fully saturated rings. The van der Waals surface area contributed by atoms with Crippen molar-refractivity contribution in [2.24, 2.45) is 5.73 Å². The van der Waals surface area contributed by atoms with Crippen LogP contribution in [-0.4, -0.2) is 33.2 Å². The third-order valence-corrected chi connectivity index (χ3v) is 5.73. The number of fused-ring (bicyclic) bond motifs is 2. The molecule has 0 aliphatic rings. The zero-order valence-corrected chi connectivity index (χ0v) is 17.7. The maximum Gasteiger partial charge on any atom is 0.116 e. The van der Waals surface area contributed by atoms with Gasteiger partial charge in [0.15, 0.2) is 0 Å². The smallest absolute Gasteiger partial charge is 0.116 e. The van der Waals surface area contributed by atoms with E-state index in [4.69, 9.17) is 11.0 Å². The number of hydrogen-bond acceptors (Lipinski definition) is 4. The molecule has 0 unspecified atom stereocenters. The van der Waals surface area contributed by atoms with E-state index < -0.39 is 0 Å². The first-order valence-corrected chi connectivity index (χ1v) is 10.7. The van der Waals surface area contributed by atoms with E-state index in [2.05, 4.69) is 74.7 Å². The first kappa shape index (κ1) is 20.0. The fraction of sp³-hybridized carbons (Fsp3) is 0.154. The zero-order valence-electron chi connectivity index (χ0n) is 17.7. The minimum atomic E-state index is 0.617. The van der Waals surface area contributed by atoms with Gasteiger partial charge in [-0.15, -0.1) is 0 Å². The molecule has 158 valence electrons. The second-order valence-corrected chi connectivity index (χ2v) is 8.03. The monoisotopic (exact) mass is 420 g/mol. The molecule has 3 aromatic carbocycles. The summed E-state index contributed by atoms with van der Waals surface area (Å²) in [5.41, 5.74) is 12.8. The number of rotatable bonds is 7. The first-order chi connectivity index (χ1) is 15.7. The second kappa shape index (κ2) is 8.67. The third kappa shape index (κ3) is 4.00. The van der Waals surface area contributed by atoms with Crippen LogP contribution in [0.4, 0.5) is 0 Å². The summed E-state index contributed by atoms with van der Waals surface area (Å²) in [5.74, 6) is 0. The van der Waals surface area contributed by atoms with Gasteiger partial charge in [-0.3, -0.25) is 10.00 Å². The van der Waals surface area contributed by atoms with Gasteiger partial charge in [0.1, 0.15) is 5.69 Å². The normalized spacial score (nSPS) is 11.4. The fourth-order valence-corrected chi connectivity index (χ4v) is 4.20. The van der Waals surface area contributed by atoms with E-state index in [1.54, 1.807) is 0 Å². The molecule has 4 N–H and O–H groups in total. The second-order valence-electron chi connectivity index (χ2n) is 8.03. The molecule has 5 rings (SSSR count). The Morgan fingerprint density at radius 3 is 2.56 bits per heavy atom. The standard InChI is InChI=1S/C26H24N6/c27-10-11-32(16-18-4-2-1-3-5-18)17-20-7-9-23-21(12-20)14-25(29-23)26-22-8-6-19(15-28)13-24(22)30-31-26/h1-9,12-14,29H,10-11,16-17,27H2,(H,30,31). The summed E-state index contributed by atoms with van der Waals surface area (Å²) in [4.78, 5) is 5.86. The number of H-pyrrole nitrogens is 2. The average molecular weight is 421 g/mol. The molecule has 6 nitrogen and oxygen atoms in total. The maximum atomic E-state index is 9.12. The van der Waals surface area contributed by atoms with Crippen molar-refractivity contribution >= 4 is 21.8 Å². The van der Waals surface area contributed by atoms with Gasteiger partial charge in [0, 0.05) is 42.5 Å². The topological polar surface area (TPSA) is 97.5 Å². The summed E-state index contributed by atoms with van der Waals surface area (Å²) in [6.07, 6.45) is 0. The molecule has 0 atom stereocenters. The van der Waals surface area contributed by atoms with Crippen molar-refractivity contribution in [1.82, 2.24) is 20.1 Å². The molecule has 0 saturated heterocycles. The summed E-state index contributed by atoms with van der Waals surface area (Å²) < 4.78 is 0. The van der Waals surface area contributed by atoms with Crippen molar-refractivity contribution in [3.63, 3.8) is 0 Å². The lowest BCUT2D eigenvalue weighted by Gasteiger charge is -2.22. The van der Waals surface area contributed by atoms with E-state index in [1.807, 2.05) is 24.3 Å². The highest BCUT2D eigenvalue weighted by molar-refractivity contribution is 5.96. The average Bonchev–Trinajstić information content (AvgIpc) is 3.43. The Balaban J connectivity index is 1.42. The van der Waals surface area contributed by atoms with Crippen LogP contribution in [0.3, 0.4) is 0 Å². The Labute approximate surface area is 186 Å². The lowest BCUT2D eigenvalue weighted by Crippen LogP contribution is -2.28. The van der Waals surface area contributed by atoms with Gasteiger partial charge in [-0.2, -0.15) is 10.4 Å². The Kier molecular flexibility index (Phi) is 5.42. The van der Waals surface area contributed by atoms with Gasteiger partial charge in [-0.05, 0) is 47.5 Å². The van der Waals surface area contributed by atoms with Gasteiger partial charge in [0.05, 0.1) is 22.8 Å². The Hall–Kier alpha value is -3.92. The molecule has 6 heteroatoms. The third-order valence-electron chi connectivity index (χ3n) is 5.73. The molecule has 0 spiro atoms. The van der Waals surface area contributed by atoms with Crippen LogP contribution in [0.1, 0.15) is 16.7 Å². The van der Waals surface area contributed by atoms with Crippen LogP contribution >= 0.6 is 0 Å². The summed E-state index contributed by atoms with van der Waals surface area (Å²) in [5, 5.41) is 18.8. The van der Waals surface area contributed by atoms with Crippen molar-refractivity contribution in [2.45, 2.75) is 13.1 Å². The molecule has 2 heterocycles. The molecule has 2 aromatic heterocycles. The van der Waals surface area contributed by atoms with Crippen LogP contribution < -0.4 is 5.73 Å². The summed E-state index contributed by atoms with van der Waals surface area (Å²) in [6, 6.07) is 26.9. The largest absolute Gasteiger partial charge is 0.353 e. The molecular formula is C26H24N6. The Morgan fingerprint density at radius 1 is 0.906 bits per heavy atom. The van der Waals surface area contributed by atoms with Gasteiger partial charge >= 0.3 is 0 Å². The highest BCUT2D eigenvalue weighted by Crippen LogP contribution is 2.29. The number of nitrogens with one attached hydrogen (secondary N) is 2. The van der Waals surface area contributed by atoms with Crippen LogP contribution in [0.25, 0.3) is 33.2 Å². The van der Waals surface area contributed by atoms with E-state index >= 15 is 0 Å². The van der Waals surface area contributed by atoms with Crippen LogP contribution in [0.5, 0.6) is 0 Å². The van der Waals surface area contributed by atoms with Crippen molar-refractivity contribution in [3.8, 4) is 17.5 Å². The zero-order chi connectivity index (χ0) is 21.9. The molecule has 0 aliphatic heterocycles. The molecule has 0 radical (unpaired) electrons. The van der Waals surface area contributed by atoms with E-state index in [0.29, 0.717) is 12.1 Å². The molecule has 0 amide bonds. The molecule has 0 bridgehead atoms. The number of nitrogens with zero attached hydrogens (tertiary/aromatic N) is 3. The van der Waals surface area contributed by atoms with E-state index in [-0.39, 0.29) is 0 Å². The van der Waals surface area contributed by atoms with Crippen molar-refractivity contribution < 1.29 is 0 Å². The molecule has 5 aromatic rings. The van der Waals surface area contributed by atoms with Gasteiger partial charge in [0.2, 0.25) is 0 Å². The lowest BCUT2D eigenvalue weighted by molar-refractivity contribution is 0.264. The summed E-state index contributed by atoms with van der Waals surface area (Å²) in [7, 11) is 0. The SMILES string of the molecule is N#Cc1ccc2c(-c3cc4cc(CN(CCN)Cc5ccccc5)ccc4[nH]3)n[nH]c2c1. The van der Waals surface area contributed by atoms with Crippen LogP contribution in [-0.2, 0) is 13.1 Å². The minimum Gasteiger partial charge on any atom is -0.353 e. The van der Waals surface area contributed by atoms with E-state index in [9.17, 15) is 0 Å². The highest BCUT2D eigenvalue weighted by atomic mass is 15.1. The Morgan fingerprint density at radius 2 is 1.75 bits per heavy atom. The minimum absolute atomic E-state index is 0.617. The quantitative estimate of drug-likeness (QED) is 0.360. The van der Waals surface area contributed by atoms with Crippen molar-refractivity contribution in [3.05, 3.63) is 89.5 Å². The van der Waals surface area contributed by atoms with Gasteiger partial charge in [0.25, 0.3) is 0 Å². The molecule has 32 heavy (non-hydrogen) atoms. The number of nitrogens with two attached hydrogens (primary N) is 1. The predicted octanol–water partition coefficient (Wildman–Crippen LogP) is 4.54. The lowest BCUT2D eigenvalue weighted by atomic mass is 10.1. The van der Waals surface area contributed by atoms with E-state index in [0.717, 1.165) is 52.8 Å². The Bertz CT molecular complexity index is 1410. The van der Waals surface area contributed by atoms with Crippen molar-refractivity contribution in [2.75, 3.05) is 13.1 Å². The van der Waals surface area contributed by atoms with Crippen LogP contribution in [0.15, 0.2) is 72.8 Å². The number of aromatic amines is 2.